The lowest BCUT2D eigenvalue weighted by Crippen LogP contribution is -2.41. The van der Waals surface area contributed by atoms with Crippen molar-refractivity contribution in [1.29, 1.82) is 0 Å². The molecule has 0 radical (unpaired) electrons. The molecule has 1 heterocycles. The summed E-state index contributed by atoms with van der Waals surface area (Å²) >= 11 is 3.24. The summed E-state index contributed by atoms with van der Waals surface area (Å²) in [6.45, 7) is 7.98. The Bertz CT molecular complexity index is 398. The molecule has 0 saturated carbocycles. The van der Waals surface area contributed by atoms with E-state index < -0.39 is 0 Å². The van der Waals surface area contributed by atoms with Gasteiger partial charge in [-0.05, 0) is 48.3 Å². The van der Waals surface area contributed by atoms with Crippen LogP contribution in [0.4, 0.5) is 0 Å². The summed E-state index contributed by atoms with van der Waals surface area (Å²) in [5, 5.41) is 3.43. The first-order chi connectivity index (χ1) is 7.46. The molecule has 0 aliphatic rings. The number of rotatable bonds is 5. The Balaban J connectivity index is 2.56. The highest BCUT2D eigenvalue weighted by Gasteiger charge is 2.12. The zero-order valence-electron chi connectivity index (χ0n) is 10.1. The molecule has 0 aromatic carbocycles. The number of hydrogen-bond donors (Lipinski definition) is 1. The Labute approximate surface area is 105 Å². The van der Waals surface area contributed by atoms with E-state index in [1.54, 1.807) is 10.6 Å². The number of aromatic nitrogens is 1. The van der Waals surface area contributed by atoms with Crippen molar-refractivity contribution in [3.8, 4) is 0 Å². The molecular weight excluding hydrogens is 268 g/mol. The minimum atomic E-state index is 0.0265. The smallest absolute Gasteiger partial charge is 0.264 e. The summed E-state index contributed by atoms with van der Waals surface area (Å²) in [6, 6.07) is 3.64. The standard InChI is InChI=1S/C12H19BrN2O/c1-4-12(2,3)14-7-9-15-8-5-6-10(13)11(15)16/h5-6,8,14H,4,7,9H2,1-3H3. The first kappa shape index (κ1) is 13.5. The van der Waals surface area contributed by atoms with Gasteiger partial charge in [0.05, 0.1) is 4.47 Å². The van der Waals surface area contributed by atoms with Gasteiger partial charge in [-0.3, -0.25) is 4.79 Å². The summed E-state index contributed by atoms with van der Waals surface area (Å²) in [5.74, 6) is 0. The predicted molar refractivity (Wildman–Crippen MR) is 70.8 cm³/mol. The van der Waals surface area contributed by atoms with Gasteiger partial charge < -0.3 is 9.88 Å². The van der Waals surface area contributed by atoms with Gasteiger partial charge in [0.25, 0.3) is 5.56 Å². The summed E-state index contributed by atoms with van der Waals surface area (Å²) in [6.07, 6.45) is 2.88. The fourth-order valence-electron chi connectivity index (χ4n) is 1.32. The van der Waals surface area contributed by atoms with E-state index in [9.17, 15) is 4.79 Å². The van der Waals surface area contributed by atoms with Gasteiger partial charge in [-0.2, -0.15) is 0 Å². The number of nitrogens with zero attached hydrogens (tertiary/aromatic N) is 1. The Kier molecular flexibility index (Phi) is 4.74. The Morgan fingerprint density at radius 1 is 1.50 bits per heavy atom. The normalized spacial score (nSPS) is 11.8. The van der Waals surface area contributed by atoms with E-state index in [4.69, 9.17) is 0 Å². The van der Waals surface area contributed by atoms with Crippen molar-refractivity contribution in [2.75, 3.05) is 6.54 Å². The average molecular weight is 287 g/mol. The van der Waals surface area contributed by atoms with Gasteiger partial charge in [0.15, 0.2) is 0 Å². The van der Waals surface area contributed by atoms with Crippen LogP contribution in [-0.2, 0) is 6.54 Å². The van der Waals surface area contributed by atoms with Crippen LogP contribution in [0.2, 0.25) is 0 Å². The van der Waals surface area contributed by atoms with Gasteiger partial charge in [-0.15, -0.1) is 0 Å². The van der Waals surface area contributed by atoms with Gasteiger partial charge in [0, 0.05) is 24.8 Å². The molecule has 0 aliphatic carbocycles. The van der Waals surface area contributed by atoms with E-state index in [0.29, 0.717) is 11.0 Å². The molecule has 90 valence electrons. The number of nitrogens with one attached hydrogen (secondary N) is 1. The number of pyridine rings is 1. The molecule has 1 N–H and O–H groups in total. The molecule has 0 bridgehead atoms. The summed E-state index contributed by atoms with van der Waals surface area (Å²) in [5.41, 5.74) is 0.161. The van der Waals surface area contributed by atoms with Crippen molar-refractivity contribution in [1.82, 2.24) is 9.88 Å². The highest BCUT2D eigenvalue weighted by atomic mass is 79.9. The SMILES string of the molecule is CCC(C)(C)NCCn1cccc(Br)c1=O. The first-order valence-corrected chi connectivity index (χ1v) is 6.35. The van der Waals surface area contributed by atoms with E-state index in [-0.39, 0.29) is 11.1 Å². The fraction of sp³-hybridized carbons (Fsp3) is 0.583. The van der Waals surface area contributed by atoms with E-state index in [0.717, 1.165) is 13.0 Å². The maximum absolute atomic E-state index is 11.7. The quantitative estimate of drug-likeness (QED) is 0.902. The minimum Gasteiger partial charge on any atom is -0.313 e. The van der Waals surface area contributed by atoms with Gasteiger partial charge in [0.1, 0.15) is 0 Å². The highest BCUT2D eigenvalue weighted by Crippen LogP contribution is 2.06. The van der Waals surface area contributed by atoms with Crippen LogP contribution in [0, 0.1) is 0 Å². The van der Waals surface area contributed by atoms with Gasteiger partial charge in [0.2, 0.25) is 0 Å². The van der Waals surface area contributed by atoms with Gasteiger partial charge in [-0.1, -0.05) is 6.92 Å². The van der Waals surface area contributed by atoms with E-state index >= 15 is 0 Å². The molecule has 1 rings (SSSR count). The zero-order chi connectivity index (χ0) is 12.2. The molecule has 0 spiro atoms. The molecule has 0 unspecified atom stereocenters. The minimum absolute atomic E-state index is 0.0265. The predicted octanol–water partition coefficient (Wildman–Crippen LogP) is 2.39. The van der Waals surface area contributed by atoms with E-state index in [1.807, 2.05) is 12.3 Å². The second-order valence-corrected chi connectivity index (χ2v) is 5.37. The van der Waals surface area contributed by atoms with Crippen molar-refractivity contribution in [3.63, 3.8) is 0 Å². The van der Waals surface area contributed by atoms with Crippen molar-refractivity contribution in [2.24, 2.45) is 0 Å². The average Bonchev–Trinajstić information content (AvgIpc) is 2.24. The van der Waals surface area contributed by atoms with Crippen molar-refractivity contribution < 1.29 is 0 Å². The molecule has 4 heteroatoms. The maximum Gasteiger partial charge on any atom is 0.264 e. The van der Waals surface area contributed by atoms with E-state index in [2.05, 4.69) is 42.0 Å². The number of halogens is 1. The molecule has 0 amide bonds. The Morgan fingerprint density at radius 3 is 2.81 bits per heavy atom. The Hall–Kier alpha value is -0.610. The fourth-order valence-corrected chi connectivity index (χ4v) is 1.70. The third-order valence-corrected chi connectivity index (χ3v) is 3.42. The van der Waals surface area contributed by atoms with Crippen LogP contribution in [0.25, 0.3) is 0 Å². The Morgan fingerprint density at radius 2 is 2.19 bits per heavy atom. The molecule has 0 atom stereocenters. The first-order valence-electron chi connectivity index (χ1n) is 5.56. The van der Waals surface area contributed by atoms with Crippen molar-refractivity contribution >= 4 is 15.9 Å². The van der Waals surface area contributed by atoms with Crippen LogP contribution in [-0.4, -0.2) is 16.7 Å². The monoisotopic (exact) mass is 286 g/mol. The summed E-state index contributed by atoms with van der Waals surface area (Å²) in [7, 11) is 0. The van der Waals surface area contributed by atoms with Gasteiger partial charge >= 0.3 is 0 Å². The molecule has 1 aromatic heterocycles. The van der Waals surface area contributed by atoms with Crippen LogP contribution in [0.15, 0.2) is 27.6 Å². The zero-order valence-corrected chi connectivity index (χ0v) is 11.7. The van der Waals surface area contributed by atoms with E-state index in [1.165, 1.54) is 0 Å². The summed E-state index contributed by atoms with van der Waals surface area (Å²) < 4.78 is 2.33. The molecule has 0 fully saturated rings. The van der Waals surface area contributed by atoms with Crippen LogP contribution in [0.1, 0.15) is 27.2 Å². The lowest BCUT2D eigenvalue weighted by atomic mass is 10.0. The second kappa shape index (κ2) is 5.64. The molecular formula is C12H19BrN2O. The van der Waals surface area contributed by atoms with Crippen LogP contribution >= 0.6 is 15.9 Å². The second-order valence-electron chi connectivity index (χ2n) is 4.52. The van der Waals surface area contributed by atoms with Crippen LogP contribution in [0.5, 0.6) is 0 Å². The third kappa shape index (κ3) is 3.76. The number of hydrogen-bond acceptors (Lipinski definition) is 2. The van der Waals surface area contributed by atoms with Crippen LogP contribution in [0.3, 0.4) is 0 Å². The van der Waals surface area contributed by atoms with Crippen LogP contribution < -0.4 is 10.9 Å². The maximum atomic E-state index is 11.7. The van der Waals surface area contributed by atoms with Crippen molar-refractivity contribution in [2.45, 2.75) is 39.3 Å². The summed E-state index contributed by atoms with van der Waals surface area (Å²) in [4.78, 5) is 11.7. The van der Waals surface area contributed by atoms with Gasteiger partial charge in [-0.25, -0.2) is 0 Å². The third-order valence-electron chi connectivity index (χ3n) is 2.81. The molecule has 0 saturated heterocycles. The highest BCUT2D eigenvalue weighted by molar-refractivity contribution is 9.10. The molecule has 3 nitrogen and oxygen atoms in total. The molecule has 0 aliphatic heterocycles. The topological polar surface area (TPSA) is 34.0 Å². The molecule has 16 heavy (non-hydrogen) atoms. The molecule has 1 aromatic rings. The lowest BCUT2D eigenvalue weighted by Gasteiger charge is -2.24. The lowest BCUT2D eigenvalue weighted by molar-refractivity contribution is 0.366. The van der Waals surface area contributed by atoms with Crippen molar-refractivity contribution in [3.05, 3.63) is 33.2 Å². The largest absolute Gasteiger partial charge is 0.313 e.